The predicted molar refractivity (Wildman–Crippen MR) is 98.4 cm³/mol. The van der Waals surface area contributed by atoms with Crippen LogP contribution in [-0.2, 0) is 14.1 Å². The molecule has 0 atom stereocenters. The van der Waals surface area contributed by atoms with Crippen LogP contribution >= 0.6 is 11.6 Å². The topological polar surface area (TPSA) is 112 Å². The van der Waals surface area contributed by atoms with Crippen LogP contribution in [0.25, 0.3) is 11.0 Å². The lowest BCUT2D eigenvalue weighted by atomic mass is 10.1. The summed E-state index contributed by atoms with van der Waals surface area (Å²) < 4.78 is 2.25. The van der Waals surface area contributed by atoms with Gasteiger partial charge in [-0.1, -0.05) is 11.6 Å². The molecule has 0 fully saturated rings. The number of hydrogen-bond donors (Lipinski definition) is 1. The molecule has 0 unspecified atom stereocenters. The Morgan fingerprint density at radius 2 is 1.92 bits per heavy atom. The Morgan fingerprint density at radius 3 is 2.58 bits per heavy atom. The molecule has 0 bridgehead atoms. The van der Waals surface area contributed by atoms with Crippen LogP contribution in [0.4, 0.5) is 17.1 Å². The summed E-state index contributed by atoms with van der Waals surface area (Å²) in [4.78, 5) is 39.4. The van der Waals surface area contributed by atoms with E-state index in [2.05, 4.69) is 10.3 Å². The van der Waals surface area contributed by atoms with E-state index in [-0.39, 0.29) is 21.7 Å². The zero-order valence-corrected chi connectivity index (χ0v) is 14.9. The first kappa shape index (κ1) is 17.6. The lowest BCUT2D eigenvalue weighted by molar-refractivity contribution is -0.384. The Morgan fingerprint density at radius 1 is 1.23 bits per heavy atom. The molecular weight excluding hydrogens is 362 g/mol. The fourth-order valence-electron chi connectivity index (χ4n) is 2.66. The summed E-state index contributed by atoms with van der Waals surface area (Å²) in [5, 5.41) is 14.3. The third-order valence-corrected chi connectivity index (χ3v) is 4.39. The van der Waals surface area contributed by atoms with Gasteiger partial charge in [-0.05, 0) is 24.6 Å². The summed E-state index contributed by atoms with van der Waals surface area (Å²) in [5.41, 5.74) is 0.404. The Balaban J connectivity index is 2.28. The highest BCUT2D eigenvalue weighted by Gasteiger charge is 2.18. The minimum atomic E-state index is -0.590. The minimum absolute atomic E-state index is 0.00942. The van der Waals surface area contributed by atoms with Crippen LogP contribution in [-0.4, -0.2) is 19.0 Å². The normalized spacial score (nSPS) is 10.9. The van der Waals surface area contributed by atoms with Gasteiger partial charge in [0.15, 0.2) is 5.65 Å². The van der Waals surface area contributed by atoms with Gasteiger partial charge in [0.1, 0.15) is 10.4 Å². The summed E-state index contributed by atoms with van der Waals surface area (Å²) in [6.07, 6.45) is 1.52. The molecule has 134 valence electrons. The molecule has 9 nitrogen and oxygen atoms in total. The van der Waals surface area contributed by atoms with Crippen molar-refractivity contribution in [2.45, 2.75) is 6.92 Å². The first-order valence-corrected chi connectivity index (χ1v) is 7.86. The molecule has 0 aliphatic heterocycles. The van der Waals surface area contributed by atoms with E-state index in [1.54, 1.807) is 13.0 Å². The molecule has 0 amide bonds. The average Bonchev–Trinajstić information content (AvgIpc) is 2.61. The van der Waals surface area contributed by atoms with Crippen molar-refractivity contribution in [3.63, 3.8) is 0 Å². The lowest BCUT2D eigenvalue weighted by Crippen LogP contribution is -2.37. The van der Waals surface area contributed by atoms with Gasteiger partial charge in [0, 0.05) is 32.0 Å². The predicted octanol–water partition coefficient (Wildman–Crippen LogP) is 2.25. The Labute approximate surface area is 151 Å². The molecule has 1 N–H and O–H groups in total. The van der Waals surface area contributed by atoms with Crippen molar-refractivity contribution in [3.8, 4) is 0 Å². The Bertz CT molecular complexity index is 1180. The fourth-order valence-corrected chi connectivity index (χ4v) is 2.85. The number of aromatic nitrogens is 3. The van der Waals surface area contributed by atoms with E-state index < -0.39 is 16.2 Å². The van der Waals surface area contributed by atoms with Gasteiger partial charge < -0.3 is 5.32 Å². The van der Waals surface area contributed by atoms with E-state index in [9.17, 15) is 19.7 Å². The Hall–Kier alpha value is -3.20. The molecule has 2 aromatic heterocycles. The molecule has 0 spiro atoms. The largest absolute Gasteiger partial charge is 0.354 e. The molecule has 2 heterocycles. The van der Waals surface area contributed by atoms with Crippen LogP contribution < -0.4 is 16.6 Å². The number of nitro groups is 1. The molecular formula is C16H14ClN5O4. The number of nitrogens with one attached hydrogen (secondary N) is 1. The second-order valence-corrected chi connectivity index (χ2v) is 6.18. The van der Waals surface area contributed by atoms with Crippen LogP contribution in [0.2, 0.25) is 5.02 Å². The summed E-state index contributed by atoms with van der Waals surface area (Å²) in [6, 6.07) is 4.24. The maximum absolute atomic E-state index is 12.6. The molecule has 0 radical (unpaired) electrons. The zero-order valence-electron chi connectivity index (χ0n) is 14.1. The van der Waals surface area contributed by atoms with Crippen molar-refractivity contribution < 1.29 is 4.92 Å². The van der Waals surface area contributed by atoms with Gasteiger partial charge in [-0.3, -0.25) is 24.0 Å². The van der Waals surface area contributed by atoms with Gasteiger partial charge in [0.05, 0.1) is 10.6 Å². The highest BCUT2D eigenvalue weighted by molar-refractivity contribution is 6.32. The van der Waals surface area contributed by atoms with Gasteiger partial charge in [0.2, 0.25) is 0 Å². The molecule has 10 heteroatoms. The number of fused-ring (bicyclic) bond motifs is 1. The number of pyridine rings is 1. The maximum Gasteiger partial charge on any atom is 0.332 e. The standard InChI is InChI=1S/C16H14ClN5O4/c1-8-7-18-14-12(15(23)21(3)16(24)20(14)2)13(8)19-9-4-5-10(17)11(6-9)22(25)26/h4-7H,1-3H3,(H,18,19). The van der Waals surface area contributed by atoms with Crippen LogP contribution in [0, 0.1) is 17.0 Å². The fraction of sp³-hybridized carbons (Fsp3) is 0.188. The Kier molecular flexibility index (Phi) is 4.25. The van der Waals surface area contributed by atoms with Crippen molar-refractivity contribution in [3.05, 3.63) is 65.9 Å². The number of nitrogens with zero attached hydrogens (tertiary/aromatic N) is 4. The van der Waals surface area contributed by atoms with Crippen molar-refractivity contribution in [2.75, 3.05) is 5.32 Å². The van der Waals surface area contributed by atoms with Gasteiger partial charge >= 0.3 is 5.69 Å². The van der Waals surface area contributed by atoms with E-state index >= 15 is 0 Å². The zero-order chi connectivity index (χ0) is 19.2. The van der Waals surface area contributed by atoms with E-state index in [1.165, 1.54) is 37.0 Å². The molecule has 1 aromatic carbocycles. The van der Waals surface area contributed by atoms with Crippen LogP contribution in [0.5, 0.6) is 0 Å². The average molecular weight is 376 g/mol. The van der Waals surface area contributed by atoms with Crippen molar-refractivity contribution in [2.24, 2.45) is 14.1 Å². The molecule has 0 aliphatic rings. The van der Waals surface area contributed by atoms with Crippen molar-refractivity contribution >= 4 is 39.7 Å². The molecule has 26 heavy (non-hydrogen) atoms. The second-order valence-electron chi connectivity index (χ2n) is 5.77. The third-order valence-electron chi connectivity index (χ3n) is 4.07. The number of nitro benzene ring substituents is 1. The quantitative estimate of drug-likeness (QED) is 0.555. The molecule has 3 rings (SSSR count). The first-order chi connectivity index (χ1) is 12.2. The summed E-state index contributed by atoms with van der Waals surface area (Å²) >= 11 is 5.83. The number of halogens is 1. The van der Waals surface area contributed by atoms with Crippen molar-refractivity contribution in [1.29, 1.82) is 0 Å². The van der Waals surface area contributed by atoms with Crippen molar-refractivity contribution in [1.82, 2.24) is 14.1 Å². The maximum atomic E-state index is 12.6. The van der Waals surface area contributed by atoms with Crippen LogP contribution in [0.3, 0.4) is 0 Å². The van der Waals surface area contributed by atoms with Gasteiger partial charge in [-0.15, -0.1) is 0 Å². The van der Waals surface area contributed by atoms with Gasteiger partial charge in [-0.2, -0.15) is 0 Å². The number of anilines is 2. The van der Waals surface area contributed by atoms with Gasteiger partial charge in [-0.25, -0.2) is 9.78 Å². The number of aryl methyl sites for hydroxylation is 2. The second kappa shape index (κ2) is 6.26. The molecule has 0 saturated heterocycles. The van der Waals surface area contributed by atoms with E-state index in [1.807, 2.05) is 0 Å². The molecule has 0 aliphatic carbocycles. The van der Waals surface area contributed by atoms with Crippen LogP contribution in [0.1, 0.15) is 5.56 Å². The third kappa shape index (κ3) is 2.72. The highest BCUT2D eigenvalue weighted by atomic mass is 35.5. The number of hydrogen-bond acceptors (Lipinski definition) is 6. The smallest absolute Gasteiger partial charge is 0.332 e. The monoisotopic (exact) mass is 375 g/mol. The van der Waals surface area contributed by atoms with Gasteiger partial charge in [0.25, 0.3) is 11.2 Å². The SMILES string of the molecule is Cc1cnc2c(c1Nc1ccc(Cl)c([N+](=O)[O-])c1)c(=O)n(C)c(=O)n2C. The number of rotatable bonds is 3. The minimum Gasteiger partial charge on any atom is -0.354 e. The lowest BCUT2D eigenvalue weighted by Gasteiger charge is -2.14. The van der Waals surface area contributed by atoms with Crippen LogP contribution in [0.15, 0.2) is 34.0 Å². The molecule has 3 aromatic rings. The van der Waals surface area contributed by atoms with E-state index in [0.29, 0.717) is 16.9 Å². The highest BCUT2D eigenvalue weighted by Crippen LogP contribution is 2.31. The van der Waals surface area contributed by atoms with E-state index in [4.69, 9.17) is 11.6 Å². The first-order valence-electron chi connectivity index (χ1n) is 7.48. The molecule has 0 saturated carbocycles. The summed E-state index contributed by atoms with van der Waals surface area (Å²) in [6.45, 7) is 1.74. The summed E-state index contributed by atoms with van der Waals surface area (Å²) in [5.74, 6) is 0. The number of benzene rings is 1. The van der Waals surface area contributed by atoms with E-state index in [0.717, 1.165) is 4.57 Å². The summed E-state index contributed by atoms with van der Waals surface area (Å²) in [7, 11) is 2.90.